The van der Waals surface area contributed by atoms with E-state index in [0.717, 1.165) is 48.3 Å². The molecule has 0 atom stereocenters. The highest BCUT2D eigenvalue weighted by atomic mass is 16.5. The van der Waals surface area contributed by atoms with Gasteiger partial charge in [-0.3, -0.25) is 0 Å². The van der Waals surface area contributed by atoms with Crippen molar-refractivity contribution >= 4 is 16.6 Å². The molecule has 0 saturated carbocycles. The Morgan fingerprint density at radius 2 is 2.00 bits per heavy atom. The highest BCUT2D eigenvalue weighted by Gasteiger charge is 2.05. The minimum atomic E-state index is 0.804. The monoisotopic (exact) mass is 260 g/mol. The highest BCUT2D eigenvalue weighted by molar-refractivity contribution is 5.95. The Morgan fingerprint density at radius 1 is 1.11 bits per heavy atom. The van der Waals surface area contributed by atoms with Crippen molar-refractivity contribution < 1.29 is 9.47 Å². The molecule has 0 aliphatic heterocycles. The number of aromatic nitrogens is 1. The van der Waals surface area contributed by atoms with Gasteiger partial charge >= 0.3 is 0 Å². The normalized spacial score (nSPS) is 10.6. The zero-order chi connectivity index (χ0) is 13.5. The number of hydrogen-bond donors (Lipinski definition) is 1. The van der Waals surface area contributed by atoms with Crippen LogP contribution in [-0.2, 0) is 4.74 Å². The lowest BCUT2D eigenvalue weighted by Gasteiger charge is -2.10. The quantitative estimate of drug-likeness (QED) is 0.777. The first-order valence-electron chi connectivity index (χ1n) is 6.51. The number of pyridine rings is 1. The second-order valence-corrected chi connectivity index (χ2v) is 4.34. The molecule has 1 heterocycles. The maximum absolute atomic E-state index is 5.37. The lowest BCUT2D eigenvalue weighted by molar-refractivity contribution is 0.194. The summed E-state index contributed by atoms with van der Waals surface area (Å²) in [5.74, 6) is 1.79. The van der Waals surface area contributed by atoms with Crippen LogP contribution in [-0.4, -0.2) is 32.4 Å². The summed E-state index contributed by atoms with van der Waals surface area (Å²) in [4.78, 5) is 4.40. The van der Waals surface area contributed by atoms with Crippen molar-refractivity contribution in [2.24, 2.45) is 0 Å². The molecule has 0 spiro atoms. The van der Waals surface area contributed by atoms with Crippen LogP contribution in [0.3, 0.4) is 0 Å². The molecule has 0 amide bonds. The summed E-state index contributed by atoms with van der Waals surface area (Å²) in [5.41, 5.74) is 0. The number of methoxy groups -OCH3 is 2. The number of hydrogen-bond acceptors (Lipinski definition) is 4. The van der Waals surface area contributed by atoms with Gasteiger partial charge < -0.3 is 14.8 Å². The molecule has 0 radical (unpaired) electrons. The summed E-state index contributed by atoms with van der Waals surface area (Å²) in [6.07, 6.45) is 3.93. The first-order chi connectivity index (χ1) is 9.36. The molecular weight excluding hydrogens is 240 g/mol. The molecule has 1 aromatic carbocycles. The van der Waals surface area contributed by atoms with Crippen LogP contribution in [0.2, 0.25) is 0 Å². The third-order valence-electron chi connectivity index (χ3n) is 3.05. The molecule has 0 aliphatic rings. The maximum Gasteiger partial charge on any atom is 0.133 e. The Kier molecular flexibility index (Phi) is 4.98. The topological polar surface area (TPSA) is 43.4 Å². The highest BCUT2D eigenvalue weighted by Crippen LogP contribution is 2.28. The fourth-order valence-electron chi connectivity index (χ4n) is 2.08. The van der Waals surface area contributed by atoms with Gasteiger partial charge in [-0.15, -0.1) is 0 Å². The van der Waals surface area contributed by atoms with Crippen molar-refractivity contribution in [3.8, 4) is 5.75 Å². The van der Waals surface area contributed by atoms with Crippen molar-refractivity contribution in [3.63, 3.8) is 0 Å². The van der Waals surface area contributed by atoms with Crippen LogP contribution >= 0.6 is 0 Å². The van der Waals surface area contributed by atoms with Crippen molar-refractivity contribution in [2.75, 3.05) is 32.7 Å². The summed E-state index contributed by atoms with van der Waals surface area (Å²) in [6.45, 7) is 1.70. The second-order valence-electron chi connectivity index (χ2n) is 4.34. The standard InChI is InChI=1S/C15H20N2O2/c1-18-11-4-3-9-16-15-13-6-5-7-14(19-2)12(13)8-10-17-15/h5-8,10H,3-4,9,11H2,1-2H3,(H,16,17). The zero-order valence-corrected chi connectivity index (χ0v) is 11.5. The predicted octanol–water partition coefficient (Wildman–Crippen LogP) is 3.08. The second kappa shape index (κ2) is 6.95. The van der Waals surface area contributed by atoms with Gasteiger partial charge in [0, 0.05) is 37.2 Å². The Balaban J connectivity index is 2.10. The number of fused-ring (bicyclic) bond motifs is 1. The van der Waals surface area contributed by atoms with E-state index >= 15 is 0 Å². The number of rotatable bonds is 7. The molecule has 102 valence electrons. The summed E-state index contributed by atoms with van der Waals surface area (Å²) in [7, 11) is 3.42. The van der Waals surface area contributed by atoms with Crippen molar-refractivity contribution in [3.05, 3.63) is 30.5 Å². The van der Waals surface area contributed by atoms with Gasteiger partial charge in [-0.25, -0.2) is 4.98 Å². The number of nitrogens with one attached hydrogen (secondary N) is 1. The Hall–Kier alpha value is -1.81. The lowest BCUT2D eigenvalue weighted by atomic mass is 10.1. The largest absolute Gasteiger partial charge is 0.496 e. The van der Waals surface area contributed by atoms with Crippen LogP contribution in [0.1, 0.15) is 12.8 Å². The molecule has 1 N–H and O–H groups in total. The smallest absolute Gasteiger partial charge is 0.133 e. The molecule has 4 heteroatoms. The fourth-order valence-corrected chi connectivity index (χ4v) is 2.08. The van der Waals surface area contributed by atoms with Crippen LogP contribution in [0, 0.1) is 0 Å². The SMILES string of the molecule is COCCCCNc1nccc2c(OC)cccc12. The van der Waals surface area contributed by atoms with E-state index in [1.807, 2.05) is 24.4 Å². The van der Waals surface area contributed by atoms with E-state index in [-0.39, 0.29) is 0 Å². The van der Waals surface area contributed by atoms with Crippen LogP contribution in [0.4, 0.5) is 5.82 Å². The summed E-state index contributed by atoms with van der Waals surface area (Å²) in [6, 6.07) is 7.98. The number of nitrogens with zero attached hydrogens (tertiary/aromatic N) is 1. The van der Waals surface area contributed by atoms with Crippen molar-refractivity contribution in [1.82, 2.24) is 4.98 Å². The summed E-state index contributed by atoms with van der Waals surface area (Å²) >= 11 is 0. The molecule has 2 rings (SSSR count). The van der Waals surface area contributed by atoms with E-state index in [1.54, 1.807) is 14.2 Å². The summed E-state index contributed by atoms with van der Waals surface area (Å²) in [5, 5.41) is 5.55. The van der Waals surface area contributed by atoms with Gasteiger partial charge in [-0.05, 0) is 25.0 Å². The van der Waals surface area contributed by atoms with Gasteiger partial charge in [0.05, 0.1) is 7.11 Å². The molecule has 1 aromatic heterocycles. The van der Waals surface area contributed by atoms with E-state index < -0.39 is 0 Å². The molecular formula is C15H20N2O2. The van der Waals surface area contributed by atoms with Gasteiger partial charge in [0.2, 0.25) is 0 Å². The average molecular weight is 260 g/mol. The van der Waals surface area contributed by atoms with E-state index in [9.17, 15) is 0 Å². The first kappa shape index (κ1) is 13.6. The molecule has 0 fully saturated rings. The Bertz CT molecular complexity index is 529. The molecule has 0 unspecified atom stereocenters. The van der Waals surface area contributed by atoms with Gasteiger partial charge in [0.15, 0.2) is 0 Å². The minimum Gasteiger partial charge on any atom is -0.496 e. The third kappa shape index (κ3) is 3.35. The van der Waals surface area contributed by atoms with Gasteiger partial charge in [-0.2, -0.15) is 0 Å². The lowest BCUT2D eigenvalue weighted by Crippen LogP contribution is -2.05. The van der Waals surface area contributed by atoms with Gasteiger partial charge in [0.1, 0.15) is 11.6 Å². The number of anilines is 1. The molecule has 2 aromatic rings. The minimum absolute atomic E-state index is 0.804. The Morgan fingerprint density at radius 3 is 2.79 bits per heavy atom. The van der Waals surface area contributed by atoms with Crippen LogP contribution in [0.5, 0.6) is 5.75 Å². The van der Waals surface area contributed by atoms with Gasteiger partial charge in [-0.1, -0.05) is 12.1 Å². The Labute approximate surface area is 113 Å². The number of ether oxygens (including phenoxy) is 2. The van der Waals surface area contributed by atoms with E-state index in [2.05, 4.69) is 16.4 Å². The van der Waals surface area contributed by atoms with Crippen LogP contribution < -0.4 is 10.1 Å². The molecule has 0 aliphatic carbocycles. The zero-order valence-electron chi connectivity index (χ0n) is 11.5. The summed E-state index contributed by atoms with van der Waals surface area (Å²) < 4.78 is 10.4. The predicted molar refractivity (Wildman–Crippen MR) is 77.9 cm³/mol. The number of unbranched alkanes of at least 4 members (excludes halogenated alkanes) is 1. The van der Waals surface area contributed by atoms with Crippen molar-refractivity contribution in [2.45, 2.75) is 12.8 Å². The van der Waals surface area contributed by atoms with E-state index in [4.69, 9.17) is 9.47 Å². The third-order valence-corrected chi connectivity index (χ3v) is 3.05. The molecule has 4 nitrogen and oxygen atoms in total. The number of benzene rings is 1. The van der Waals surface area contributed by atoms with Crippen LogP contribution in [0.25, 0.3) is 10.8 Å². The van der Waals surface area contributed by atoms with Crippen LogP contribution in [0.15, 0.2) is 30.5 Å². The first-order valence-corrected chi connectivity index (χ1v) is 6.51. The molecule has 0 saturated heterocycles. The van der Waals surface area contributed by atoms with Crippen molar-refractivity contribution in [1.29, 1.82) is 0 Å². The maximum atomic E-state index is 5.37. The molecule has 19 heavy (non-hydrogen) atoms. The van der Waals surface area contributed by atoms with E-state index in [0.29, 0.717) is 0 Å². The average Bonchev–Trinajstić information content (AvgIpc) is 2.46. The van der Waals surface area contributed by atoms with Gasteiger partial charge in [0.25, 0.3) is 0 Å². The molecule has 0 bridgehead atoms. The fraction of sp³-hybridized carbons (Fsp3) is 0.400. The van der Waals surface area contributed by atoms with E-state index in [1.165, 1.54) is 0 Å².